The molecule has 2 amide bonds. The number of rotatable bonds is 8. The van der Waals surface area contributed by atoms with Crippen molar-refractivity contribution in [2.24, 2.45) is 0 Å². The fourth-order valence-electron chi connectivity index (χ4n) is 3.60. The predicted molar refractivity (Wildman–Crippen MR) is 116 cm³/mol. The summed E-state index contributed by atoms with van der Waals surface area (Å²) in [5.41, 5.74) is 3.44. The number of likely N-dealkylation sites (tertiary alicyclic amines) is 1. The van der Waals surface area contributed by atoms with Gasteiger partial charge in [-0.05, 0) is 24.5 Å². The van der Waals surface area contributed by atoms with Gasteiger partial charge in [0.05, 0.1) is 19.1 Å². The van der Waals surface area contributed by atoms with Crippen LogP contribution in [-0.2, 0) is 24.3 Å². The van der Waals surface area contributed by atoms with E-state index < -0.39 is 0 Å². The summed E-state index contributed by atoms with van der Waals surface area (Å²) >= 11 is 0. The van der Waals surface area contributed by atoms with E-state index >= 15 is 0 Å². The zero-order chi connectivity index (χ0) is 21.5. The van der Waals surface area contributed by atoms with Crippen molar-refractivity contribution in [3.63, 3.8) is 0 Å². The van der Waals surface area contributed by atoms with Gasteiger partial charge in [0.25, 0.3) is 0 Å². The van der Waals surface area contributed by atoms with Gasteiger partial charge in [0.15, 0.2) is 5.82 Å². The Bertz CT molecular complexity index is 972. The van der Waals surface area contributed by atoms with Gasteiger partial charge in [-0.3, -0.25) is 0 Å². The van der Waals surface area contributed by atoms with E-state index in [1.165, 1.54) is 5.56 Å². The molecule has 1 aliphatic heterocycles. The zero-order valence-corrected chi connectivity index (χ0v) is 17.8. The molecule has 7 heteroatoms. The average molecular weight is 421 g/mol. The molecule has 2 heterocycles. The van der Waals surface area contributed by atoms with Crippen LogP contribution in [-0.4, -0.2) is 40.8 Å². The van der Waals surface area contributed by atoms with E-state index in [0.717, 1.165) is 17.5 Å². The van der Waals surface area contributed by atoms with Crippen LogP contribution in [0.1, 0.15) is 40.7 Å². The zero-order valence-electron chi connectivity index (χ0n) is 17.8. The molecule has 1 aliphatic rings. The first kappa shape index (κ1) is 21.1. The molecule has 1 N–H and O–H groups in total. The quantitative estimate of drug-likeness (QED) is 0.560. The molecule has 1 aromatic heterocycles. The van der Waals surface area contributed by atoms with Crippen LogP contribution in [0.15, 0.2) is 59.1 Å². The van der Waals surface area contributed by atoms with Crippen molar-refractivity contribution >= 4 is 6.03 Å². The Hall–Kier alpha value is -3.19. The largest absolute Gasteiger partial charge is 0.376 e. The molecule has 1 unspecified atom stereocenters. The lowest BCUT2D eigenvalue weighted by Crippen LogP contribution is -2.37. The van der Waals surface area contributed by atoms with E-state index in [-0.39, 0.29) is 11.9 Å². The molecular formula is C24H28N4O3. The summed E-state index contributed by atoms with van der Waals surface area (Å²) in [5, 5.41) is 7.06. The maximum atomic E-state index is 12.5. The van der Waals surface area contributed by atoms with Gasteiger partial charge >= 0.3 is 6.03 Å². The van der Waals surface area contributed by atoms with Gasteiger partial charge in [0.1, 0.15) is 0 Å². The molecule has 2 aromatic carbocycles. The van der Waals surface area contributed by atoms with Crippen LogP contribution in [0.3, 0.4) is 0 Å². The van der Waals surface area contributed by atoms with Crippen molar-refractivity contribution in [1.82, 2.24) is 20.4 Å². The van der Waals surface area contributed by atoms with E-state index in [0.29, 0.717) is 51.0 Å². The van der Waals surface area contributed by atoms with Crippen LogP contribution in [0.25, 0.3) is 0 Å². The number of ether oxygens (including phenoxy) is 1. The van der Waals surface area contributed by atoms with E-state index in [1.54, 1.807) is 0 Å². The number of hydrogen-bond acceptors (Lipinski definition) is 5. The molecule has 31 heavy (non-hydrogen) atoms. The number of amides is 2. The highest BCUT2D eigenvalue weighted by molar-refractivity contribution is 5.74. The minimum Gasteiger partial charge on any atom is -0.376 e. The Kier molecular flexibility index (Phi) is 6.94. The molecule has 4 rings (SSSR count). The number of urea groups is 1. The minimum atomic E-state index is -0.0582. The smallest absolute Gasteiger partial charge is 0.317 e. The average Bonchev–Trinajstić information content (AvgIpc) is 3.47. The molecule has 0 aliphatic carbocycles. The Morgan fingerprint density at radius 3 is 2.77 bits per heavy atom. The summed E-state index contributed by atoms with van der Waals surface area (Å²) in [4.78, 5) is 18.8. The highest BCUT2D eigenvalue weighted by Crippen LogP contribution is 2.26. The van der Waals surface area contributed by atoms with Crippen LogP contribution in [0.4, 0.5) is 4.79 Å². The summed E-state index contributed by atoms with van der Waals surface area (Å²) in [6.07, 6.45) is 1.42. The molecule has 7 nitrogen and oxygen atoms in total. The van der Waals surface area contributed by atoms with E-state index in [4.69, 9.17) is 9.26 Å². The maximum Gasteiger partial charge on any atom is 0.317 e. The highest BCUT2D eigenvalue weighted by Gasteiger charge is 2.31. The molecular weight excluding hydrogens is 392 g/mol. The van der Waals surface area contributed by atoms with Gasteiger partial charge in [0.2, 0.25) is 5.89 Å². The normalized spacial score (nSPS) is 15.9. The predicted octanol–water partition coefficient (Wildman–Crippen LogP) is 3.84. The van der Waals surface area contributed by atoms with E-state index in [9.17, 15) is 4.79 Å². The molecule has 1 atom stereocenters. The molecule has 1 fully saturated rings. The Labute approximate surface area is 182 Å². The third-order valence-corrected chi connectivity index (χ3v) is 5.45. The second-order valence-corrected chi connectivity index (χ2v) is 7.91. The van der Waals surface area contributed by atoms with E-state index in [1.807, 2.05) is 66.4 Å². The molecule has 0 radical (unpaired) electrons. The van der Waals surface area contributed by atoms with Gasteiger partial charge in [-0.25, -0.2) is 4.79 Å². The lowest BCUT2D eigenvalue weighted by atomic mass is 10.1. The maximum absolute atomic E-state index is 12.5. The second-order valence-electron chi connectivity index (χ2n) is 7.91. The van der Waals surface area contributed by atoms with E-state index in [2.05, 4.69) is 15.5 Å². The van der Waals surface area contributed by atoms with Crippen LogP contribution < -0.4 is 5.32 Å². The number of nitrogens with zero attached hydrogens (tertiary/aromatic N) is 3. The third-order valence-electron chi connectivity index (χ3n) is 5.45. The van der Waals surface area contributed by atoms with Gasteiger partial charge in [0, 0.05) is 26.1 Å². The highest BCUT2D eigenvalue weighted by atomic mass is 16.5. The number of hydrogen-bond donors (Lipinski definition) is 1. The molecule has 0 spiro atoms. The van der Waals surface area contributed by atoms with Crippen LogP contribution >= 0.6 is 0 Å². The number of aryl methyl sites for hydroxylation is 1. The SMILES string of the molecule is Cc1ccc(CNC(=O)N2CCC(c3nc(CCOCc4ccccc4)no3)C2)cc1. The van der Waals surface area contributed by atoms with Crippen molar-refractivity contribution in [2.75, 3.05) is 19.7 Å². The standard InChI is InChI=1S/C24H28N4O3/c1-18-7-9-19(10-8-18)15-25-24(29)28-13-11-21(16-28)23-26-22(27-31-23)12-14-30-17-20-5-3-2-4-6-20/h2-10,21H,11-17H2,1H3,(H,25,29). The Balaban J connectivity index is 1.19. The first-order valence-corrected chi connectivity index (χ1v) is 10.7. The van der Waals surface area contributed by atoms with Gasteiger partial charge in [-0.15, -0.1) is 0 Å². The van der Waals surface area contributed by atoms with Crippen molar-refractivity contribution in [1.29, 1.82) is 0 Å². The van der Waals surface area contributed by atoms with Crippen molar-refractivity contribution in [2.45, 2.75) is 38.8 Å². The van der Waals surface area contributed by atoms with Gasteiger partial charge in [-0.1, -0.05) is 65.3 Å². The Morgan fingerprint density at radius 2 is 1.97 bits per heavy atom. The Morgan fingerprint density at radius 1 is 1.16 bits per heavy atom. The van der Waals surface area contributed by atoms with Crippen molar-refractivity contribution in [3.8, 4) is 0 Å². The summed E-state index contributed by atoms with van der Waals surface area (Å²) in [7, 11) is 0. The van der Waals surface area contributed by atoms with Crippen LogP contribution in [0.5, 0.6) is 0 Å². The van der Waals surface area contributed by atoms with Crippen LogP contribution in [0, 0.1) is 6.92 Å². The molecule has 1 saturated heterocycles. The van der Waals surface area contributed by atoms with Gasteiger partial charge in [-0.2, -0.15) is 4.98 Å². The topological polar surface area (TPSA) is 80.5 Å². The first-order valence-electron chi connectivity index (χ1n) is 10.7. The molecule has 0 bridgehead atoms. The van der Waals surface area contributed by atoms with Crippen molar-refractivity contribution < 1.29 is 14.1 Å². The lowest BCUT2D eigenvalue weighted by molar-refractivity contribution is 0.122. The number of carbonyl (C=O) groups is 1. The van der Waals surface area contributed by atoms with Crippen molar-refractivity contribution in [3.05, 3.63) is 83.0 Å². The summed E-state index contributed by atoms with van der Waals surface area (Å²) < 4.78 is 11.2. The minimum absolute atomic E-state index is 0.0582. The lowest BCUT2D eigenvalue weighted by Gasteiger charge is -2.16. The fraction of sp³-hybridized carbons (Fsp3) is 0.375. The molecule has 162 valence electrons. The summed E-state index contributed by atoms with van der Waals surface area (Å²) in [6.45, 7) is 4.95. The fourth-order valence-corrected chi connectivity index (χ4v) is 3.60. The number of nitrogens with one attached hydrogen (secondary N) is 1. The number of carbonyl (C=O) groups excluding carboxylic acids is 1. The summed E-state index contributed by atoms with van der Waals surface area (Å²) in [5.74, 6) is 1.33. The van der Waals surface area contributed by atoms with Gasteiger partial charge < -0.3 is 19.5 Å². The first-order chi connectivity index (χ1) is 15.2. The second kappa shape index (κ2) is 10.2. The third kappa shape index (κ3) is 5.92. The summed E-state index contributed by atoms with van der Waals surface area (Å²) in [6, 6.07) is 18.2. The number of aromatic nitrogens is 2. The molecule has 0 saturated carbocycles. The monoisotopic (exact) mass is 420 g/mol. The van der Waals surface area contributed by atoms with Crippen LogP contribution in [0.2, 0.25) is 0 Å². The number of benzene rings is 2. The molecule has 3 aromatic rings.